The molecule has 0 saturated heterocycles. The molecule has 0 aromatic carbocycles. The zero-order valence-corrected chi connectivity index (χ0v) is 7.82. The van der Waals surface area contributed by atoms with Gasteiger partial charge in [0.15, 0.2) is 0 Å². The van der Waals surface area contributed by atoms with Crippen LogP contribution in [0.5, 0.6) is 0 Å². The Balaban J connectivity index is 0. The van der Waals surface area contributed by atoms with Crippen molar-refractivity contribution in [3.05, 3.63) is 0 Å². The number of hydrogen-bond donors (Lipinski definition) is 1. The van der Waals surface area contributed by atoms with Crippen LogP contribution in [-0.2, 0) is 4.79 Å². The van der Waals surface area contributed by atoms with Gasteiger partial charge in [-0.3, -0.25) is 4.79 Å². The van der Waals surface area contributed by atoms with Crippen molar-refractivity contribution in [3.63, 3.8) is 0 Å². The summed E-state index contributed by atoms with van der Waals surface area (Å²) < 4.78 is 0. The van der Waals surface area contributed by atoms with Gasteiger partial charge in [0.25, 0.3) is 0 Å². The molecule has 3 heteroatoms. The van der Waals surface area contributed by atoms with E-state index < -0.39 is 0 Å². The maximum Gasteiger partial charge on any atom is 0.219 e. The van der Waals surface area contributed by atoms with Gasteiger partial charge >= 0.3 is 0 Å². The molecule has 0 fully saturated rings. The topological polar surface area (TPSA) is 29.1 Å². The van der Waals surface area contributed by atoms with Gasteiger partial charge in [-0.05, 0) is 6.92 Å². The molecule has 0 bridgehead atoms. The Morgan fingerprint density at radius 2 is 2.00 bits per heavy atom. The summed E-state index contributed by atoms with van der Waals surface area (Å²) in [7, 11) is 0. The van der Waals surface area contributed by atoms with Gasteiger partial charge in [-0.1, -0.05) is 6.92 Å². The average Bonchev–Trinajstić information content (AvgIpc) is 1.68. The standard InChI is InChI=1S/C5H11NO.Na/c1-3-5(7)6-4-2;/h3-4H2,1-2H3,(H,6,7);. The summed E-state index contributed by atoms with van der Waals surface area (Å²) in [5.41, 5.74) is 0. The van der Waals surface area contributed by atoms with Crippen LogP contribution in [0.4, 0.5) is 0 Å². The van der Waals surface area contributed by atoms with Crippen molar-refractivity contribution >= 4 is 35.5 Å². The maximum absolute atomic E-state index is 10.3. The molecule has 0 saturated carbocycles. The fourth-order valence-corrected chi connectivity index (χ4v) is 0.322. The predicted octanol–water partition coefficient (Wildman–Crippen LogP) is 0.152. The minimum atomic E-state index is 0. The van der Waals surface area contributed by atoms with Crippen LogP contribution in [0.3, 0.4) is 0 Å². The first-order valence-corrected chi connectivity index (χ1v) is 2.58. The van der Waals surface area contributed by atoms with Crippen molar-refractivity contribution in [2.24, 2.45) is 0 Å². The first-order valence-electron chi connectivity index (χ1n) is 2.58. The van der Waals surface area contributed by atoms with Crippen LogP contribution in [-0.4, -0.2) is 42.0 Å². The van der Waals surface area contributed by atoms with Gasteiger partial charge < -0.3 is 5.32 Å². The van der Waals surface area contributed by atoms with E-state index in [9.17, 15) is 4.79 Å². The second-order valence-corrected chi connectivity index (χ2v) is 1.31. The molecule has 1 N–H and O–H groups in total. The van der Waals surface area contributed by atoms with Crippen LogP contribution in [0.1, 0.15) is 20.3 Å². The largest absolute Gasteiger partial charge is 0.356 e. The van der Waals surface area contributed by atoms with Gasteiger partial charge in [0.2, 0.25) is 5.91 Å². The van der Waals surface area contributed by atoms with Crippen molar-refractivity contribution in [1.29, 1.82) is 0 Å². The zero-order chi connectivity index (χ0) is 5.70. The summed E-state index contributed by atoms with van der Waals surface area (Å²) in [5, 5.41) is 2.66. The number of hydrogen-bond acceptors (Lipinski definition) is 1. The van der Waals surface area contributed by atoms with Crippen LogP contribution in [0.25, 0.3) is 0 Å². The van der Waals surface area contributed by atoms with E-state index in [-0.39, 0.29) is 35.5 Å². The van der Waals surface area contributed by atoms with E-state index in [2.05, 4.69) is 5.32 Å². The van der Waals surface area contributed by atoms with Gasteiger partial charge in [-0.25, -0.2) is 0 Å². The number of carbonyl (C=O) groups is 1. The molecule has 43 valence electrons. The Hall–Kier alpha value is 0.470. The smallest absolute Gasteiger partial charge is 0.219 e. The Kier molecular flexibility index (Phi) is 10.5. The number of carbonyl (C=O) groups excluding carboxylic acids is 1. The Bertz CT molecular complexity index is 65.4. The van der Waals surface area contributed by atoms with E-state index in [4.69, 9.17) is 0 Å². The SMILES string of the molecule is CCNC(=O)CC.[Na]. The molecule has 0 heterocycles. The third-order valence-corrected chi connectivity index (χ3v) is 0.695. The molecule has 0 atom stereocenters. The summed E-state index contributed by atoms with van der Waals surface area (Å²) in [6, 6.07) is 0. The Morgan fingerprint density at radius 3 is 2.12 bits per heavy atom. The third-order valence-electron chi connectivity index (χ3n) is 0.695. The summed E-state index contributed by atoms with van der Waals surface area (Å²) >= 11 is 0. The average molecular weight is 124 g/mol. The molecule has 0 spiro atoms. The van der Waals surface area contributed by atoms with E-state index in [0.29, 0.717) is 6.42 Å². The monoisotopic (exact) mass is 124 g/mol. The van der Waals surface area contributed by atoms with Crippen molar-refractivity contribution in [2.75, 3.05) is 6.54 Å². The molecule has 0 aliphatic carbocycles. The Morgan fingerprint density at radius 1 is 1.50 bits per heavy atom. The van der Waals surface area contributed by atoms with Gasteiger partial charge in [-0.15, -0.1) is 0 Å². The van der Waals surface area contributed by atoms with E-state index in [1.165, 1.54) is 0 Å². The number of nitrogens with one attached hydrogen (secondary N) is 1. The molecule has 1 radical (unpaired) electrons. The quantitative estimate of drug-likeness (QED) is 0.522. The molecule has 2 nitrogen and oxygen atoms in total. The van der Waals surface area contributed by atoms with Crippen LogP contribution >= 0.6 is 0 Å². The van der Waals surface area contributed by atoms with Gasteiger partial charge in [0, 0.05) is 42.5 Å². The molecular weight excluding hydrogens is 113 g/mol. The molecule has 0 aliphatic rings. The summed E-state index contributed by atoms with van der Waals surface area (Å²) in [5.74, 6) is 0.127. The van der Waals surface area contributed by atoms with Crippen LogP contribution in [0.15, 0.2) is 0 Å². The third kappa shape index (κ3) is 6.47. The van der Waals surface area contributed by atoms with E-state index in [1.807, 2.05) is 13.8 Å². The first kappa shape index (κ1) is 11.3. The minimum absolute atomic E-state index is 0. The molecule has 1 amide bonds. The molecule has 8 heavy (non-hydrogen) atoms. The molecular formula is C5H11NNaO. The maximum atomic E-state index is 10.3. The molecule has 0 unspecified atom stereocenters. The van der Waals surface area contributed by atoms with Crippen LogP contribution in [0, 0.1) is 0 Å². The zero-order valence-electron chi connectivity index (χ0n) is 5.82. The molecule has 0 rings (SSSR count). The number of rotatable bonds is 2. The van der Waals surface area contributed by atoms with Gasteiger partial charge in [0.1, 0.15) is 0 Å². The van der Waals surface area contributed by atoms with Crippen molar-refractivity contribution in [1.82, 2.24) is 5.32 Å². The van der Waals surface area contributed by atoms with Crippen molar-refractivity contribution in [3.8, 4) is 0 Å². The second kappa shape index (κ2) is 7.47. The fraction of sp³-hybridized carbons (Fsp3) is 0.800. The Labute approximate surface area is 72.3 Å². The van der Waals surface area contributed by atoms with E-state index in [1.54, 1.807) is 0 Å². The van der Waals surface area contributed by atoms with Crippen molar-refractivity contribution in [2.45, 2.75) is 20.3 Å². The fourth-order valence-electron chi connectivity index (χ4n) is 0.322. The van der Waals surface area contributed by atoms with Crippen molar-refractivity contribution < 1.29 is 4.79 Å². The molecule has 0 aromatic heterocycles. The summed E-state index contributed by atoms with van der Waals surface area (Å²) in [6.07, 6.45) is 0.591. The number of amides is 1. The van der Waals surface area contributed by atoms with E-state index in [0.717, 1.165) is 6.54 Å². The summed E-state index contributed by atoms with van der Waals surface area (Å²) in [4.78, 5) is 10.3. The predicted molar refractivity (Wildman–Crippen MR) is 34.7 cm³/mol. The van der Waals surface area contributed by atoms with Crippen LogP contribution < -0.4 is 5.32 Å². The van der Waals surface area contributed by atoms with Gasteiger partial charge in [-0.2, -0.15) is 0 Å². The second-order valence-electron chi connectivity index (χ2n) is 1.31. The van der Waals surface area contributed by atoms with Gasteiger partial charge in [0.05, 0.1) is 0 Å². The minimum Gasteiger partial charge on any atom is -0.356 e. The van der Waals surface area contributed by atoms with E-state index >= 15 is 0 Å². The van der Waals surface area contributed by atoms with Crippen LogP contribution in [0.2, 0.25) is 0 Å². The normalized spacial score (nSPS) is 7.25. The molecule has 0 aliphatic heterocycles. The first-order chi connectivity index (χ1) is 3.31. The summed E-state index contributed by atoms with van der Waals surface area (Å²) in [6.45, 7) is 4.49. The molecule has 0 aromatic rings.